The predicted octanol–water partition coefficient (Wildman–Crippen LogP) is 2.39. The monoisotopic (exact) mass is 297 g/mol. The lowest BCUT2D eigenvalue weighted by atomic mass is 9.93. The fraction of sp³-hybridized carbons (Fsp3) is 0.600. The summed E-state index contributed by atoms with van der Waals surface area (Å²) in [5.74, 6) is 0.375. The predicted molar refractivity (Wildman–Crippen MR) is 79.1 cm³/mol. The average Bonchev–Trinajstić information content (AvgIpc) is 2.41. The van der Waals surface area contributed by atoms with E-state index in [0.717, 1.165) is 18.4 Å². The highest BCUT2D eigenvalue weighted by molar-refractivity contribution is 7.89. The third-order valence-corrected chi connectivity index (χ3v) is 5.40. The van der Waals surface area contributed by atoms with Gasteiger partial charge in [0.2, 0.25) is 10.0 Å². The molecule has 2 N–H and O–H groups in total. The summed E-state index contributed by atoms with van der Waals surface area (Å²) >= 11 is 0. The third kappa shape index (κ3) is 3.59. The first-order chi connectivity index (χ1) is 9.40. The van der Waals surface area contributed by atoms with Crippen LogP contribution < -0.4 is 4.72 Å². The van der Waals surface area contributed by atoms with Gasteiger partial charge in [-0.05, 0) is 36.5 Å². The number of nitrogens with one attached hydrogen (secondary N) is 1. The molecule has 2 rings (SSSR count). The van der Waals surface area contributed by atoms with Crippen molar-refractivity contribution in [1.29, 1.82) is 0 Å². The molecular weight excluding hydrogens is 274 g/mol. The molecule has 0 heterocycles. The van der Waals surface area contributed by atoms with Gasteiger partial charge < -0.3 is 5.11 Å². The van der Waals surface area contributed by atoms with Crippen LogP contribution >= 0.6 is 0 Å². The molecule has 0 spiro atoms. The van der Waals surface area contributed by atoms with Gasteiger partial charge in [0.05, 0.1) is 11.0 Å². The number of rotatable bonds is 4. The molecule has 1 fully saturated rings. The molecule has 4 nitrogen and oxygen atoms in total. The number of aliphatic hydroxyl groups excluding tert-OH is 1. The number of hydrogen-bond acceptors (Lipinski definition) is 3. The van der Waals surface area contributed by atoms with Gasteiger partial charge in [-0.25, -0.2) is 13.1 Å². The van der Waals surface area contributed by atoms with Crippen LogP contribution in [0.3, 0.4) is 0 Å². The van der Waals surface area contributed by atoms with E-state index in [-0.39, 0.29) is 10.9 Å². The minimum absolute atomic E-state index is 0.264. The summed E-state index contributed by atoms with van der Waals surface area (Å²) in [5, 5.41) is 9.87. The van der Waals surface area contributed by atoms with Gasteiger partial charge in [0.25, 0.3) is 0 Å². The first-order valence-electron chi connectivity index (χ1n) is 7.20. The van der Waals surface area contributed by atoms with E-state index in [9.17, 15) is 13.5 Å². The number of aliphatic hydroxyl groups is 1. The molecule has 0 bridgehead atoms. The molecule has 1 saturated carbocycles. The maximum atomic E-state index is 12.3. The molecule has 0 aromatic heterocycles. The Balaban J connectivity index is 2.13. The quantitative estimate of drug-likeness (QED) is 0.897. The van der Waals surface area contributed by atoms with E-state index in [1.807, 2.05) is 12.1 Å². The van der Waals surface area contributed by atoms with Gasteiger partial charge in [0.15, 0.2) is 0 Å². The Bertz CT molecular complexity index is 537. The van der Waals surface area contributed by atoms with E-state index in [1.54, 1.807) is 12.1 Å². The summed E-state index contributed by atoms with van der Waals surface area (Å²) in [6.07, 6.45) is 2.71. The van der Waals surface area contributed by atoms with Crippen molar-refractivity contribution in [2.24, 2.45) is 0 Å². The van der Waals surface area contributed by atoms with E-state index in [2.05, 4.69) is 18.6 Å². The van der Waals surface area contributed by atoms with Crippen molar-refractivity contribution in [2.75, 3.05) is 0 Å². The van der Waals surface area contributed by atoms with E-state index in [0.29, 0.717) is 18.8 Å². The average molecular weight is 297 g/mol. The molecular formula is C15H23NO3S. The van der Waals surface area contributed by atoms with Crippen LogP contribution in [0, 0.1) is 0 Å². The van der Waals surface area contributed by atoms with Crippen LogP contribution in [0.4, 0.5) is 0 Å². The topological polar surface area (TPSA) is 66.4 Å². The minimum Gasteiger partial charge on any atom is -0.391 e. The van der Waals surface area contributed by atoms with E-state index < -0.39 is 16.1 Å². The van der Waals surface area contributed by atoms with Crippen LogP contribution in [0.25, 0.3) is 0 Å². The Morgan fingerprint density at radius 3 is 2.30 bits per heavy atom. The summed E-state index contributed by atoms with van der Waals surface area (Å²) in [6.45, 7) is 4.14. The van der Waals surface area contributed by atoms with Crippen molar-refractivity contribution in [3.8, 4) is 0 Å². The summed E-state index contributed by atoms with van der Waals surface area (Å²) in [4.78, 5) is 0.264. The zero-order valence-electron chi connectivity index (χ0n) is 12.0. The maximum absolute atomic E-state index is 12.3. The Labute approximate surface area is 121 Å². The zero-order valence-corrected chi connectivity index (χ0v) is 12.9. The van der Waals surface area contributed by atoms with Gasteiger partial charge in [-0.15, -0.1) is 0 Å². The smallest absolute Gasteiger partial charge is 0.240 e. The Morgan fingerprint density at radius 2 is 1.75 bits per heavy atom. The summed E-state index contributed by atoms with van der Waals surface area (Å²) in [7, 11) is -3.55. The van der Waals surface area contributed by atoms with Gasteiger partial charge in [-0.1, -0.05) is 38.8 Å². The van der Waals surface area contributed by atoms with Crippen molar-refractivity contribution in [3.63, 3.8) is 0 Å². The second-order valence-corrected chi connectivity index (χ2v) is 7.52. The molecule has 0 aliphatic heterocycles. The first-order valence-corrected chi connectivity index (χ1v) is 8.69. The van der Waals surface area contributed by atoms with Crippen LogP contribution in [0.15, 0.2) is 29.2 Å². The van der Waals surface area contributed by atoms with Gasteiger partial charge in [0, 0.05) is 6.04 Å². The first kappa shape index (κ1) is 15.5. The summed E-state index contributed by atoms with van der Waals surface area (Å²) in [6, 6.07) is 6.59. The van der Waals surface area contributed by atoms with Crippen molar-refractivity contribution in [2.45, 2.75) is 62.5 Å². The minimum atomic E-state index is -3.55. The fourth-order valence-corrected chi connectivity index (χ4v) is 3.85. The van der Waals surface area contributed by atoms with Crippen molar-refractivity contribution < 1.29 is 13.5 Å². The number of benzene rings is 1. The van der Waals surface area contributed by atoms with Crippen molar-refractivity contribution in [3.05, 3.63) is 29.8 Å². The lowest BCUT2D eigenvalue weighted by Gasteiger charge is -2.28. The van der Waals surface area contributed by atoms with Gasteiger partial charge in [-0.2, -0.15) is 0 Å². The van der Waals surface area contributed by atoms with Crippen LogP contribution in [-0.4, -0.2) is 25.7 Å². The molecule has 112 valence electrons. The largest absolute Gasteiger partial charge is 0.391 e. The molecule has 0 radical (unpaired) electrons. The van der Waals surface area contributed by atoms with E-state index in [4.69, 9.17) is 0 Å². The fourth-order valence-electron chi connectivity index (χ4n) is 2.55. The molecule has 0 unspecified atom stereocenters. The molecule has 2 atom stereocenters. The SMILES string of the molecule is CC(C)c1ccc(S(=O)(=O)N[C@@H]2CCCC[C@H]2O)cc1. The molecule has 0 amide bonds. The van der Waals surface area contributed by atoms with Gasteiger partial charge in [0.1, 0.15) is 0 Å². The highest BCUT2D eigenvalue weighted by atomic mass is 32.2. The molecule has 20 heavy (non-hydrogen) atoms. The van der Waals surface area contributed by atoms with Crippen LogP contribution in [0.5, 0.6) is 0 Å². The standard InChI is InChI=1S/C15H23NO3S/c1-11(2)12-7-9-13(10-8-12)20(18,19)16-14-5-3-4-6-15(14)17/h7-11,14-17H,3-6H2,1-2H3/t14-,15-/m1/s1. The van der Waals surface area contributed by atoms with Gasteiger partial charge >= 0.3 is 0 Å². The van der Waals surface area contributed by atoms with Gasteiger partial charge in [-0.3, -0.25) is 0 Å². The maximum Gasteiger partial charge on any atom is 0.240 e. The van der Waals surface area contributed by atoms with E-state index in [1.165, 1.54) is 0 Å². The zero-order chi connectivity index (χ0) is 14.8. The molecule has 1 aromatic rings. The van der Waals surface area contributed by atoms with E-state index >= 15 is 0 Å². The van der Waals surface area contributed by atoms with Crippen LogP contribution in [-0.2, 0) is 10.0 Å². The lowest BCUT2D eigenvalue weighted by Crippen LogP contribution is -2.44. The molecule has 5 heteroatoms. The molecule has 0 saturated heterocycles. The van der Waals surface area contributed by atoms with Crippen molar-refractivity contribution in [1.82, 2.24) is 4.72 Å². The molecule has 1 aliphatic carbocycles. The highest BCUT2D eigenvalue weighted by Gasteiger charge is 2.28. The Hall–Kier alpha value is -0.910. The highest BCUT2D eigenvalue weighted by Crippen LogP contribution is 2.22. The summed E-state index contributed by atoms with van der Waals surface area (Å²) < 4.78 is 27.2. The molecule has 1 aliphatic rings. The van der Waals surface area contributed by atoms with Crippen LogP contribution in [0.1, 0.15) is 51.0 Å². The van der Waals surface area contributed by atoms with Crippen molar-refractivity contribution >= 4 is 10.0 Å². The third-order valence-electron chi connectivity index (χ3n) is 3.89. The normalized spacial score (nSPS) is 24.0. The second-order valence-electron chi connectivity index (χ2n) is 5.80. The Morgan fingerprint density at radius 1 is 1.15 bits per heavy atom. The lowest BCUT2D eigenvalue weighted by molar-refractivity contribution is 0.101. The second kappa shape index (κ2) is 6.24. The molecule has 1 aromatic carbocycles. The summed E-state index contributed by atoms with van der Waals surface area (Å²) in [5.41, 5.74) is 1.11. The van der Waals surface area contributed by atoms with Crippen LogP contribution in [0.2, 0.25) is 0 Å². The Kier molecular flexibility index (Phi) is 4.83. The number of sulfonamides is 1. The number of hydrogen-bond donors (Lipinski definition) is 2.